The molecule has 0 aromatic heterocycles. The second-order valence-corrected chi connectivity index (χ2v) is 5.33. The van der Waals surface area contributed by atoms with Gasteiger partial charge in [0.1, 0.15) is 5.69 Å². The van der Waals surface area contributed by atoms with Crippen LogP contribution in [-0.4, -0.2) is 29.8 Å². The van der Waals surface area contributed by atoms with Gasteiger partial charge in [-0.15, -0.1) is 0 Å². The first-order valence-corrected chi connectivity index (χ1v) is 7.20. The van der Waals surface area contributed by atoms with Gasteiger partial charge in [0, 0.05) is 32.3 Å². The Morgan fingerprint density at radius 3 is 2.57 bits per heavy atom. The van der Waals surface area contributed by atoms with Crippen LogP contribution in [0.15, 0.2) is 42.5 Å². The maximum atomic E-state index is 12.5. The number of nitrogens with one attached hydrogen (secondary N) is 1. The molecule has 2 rings (SSSR count). The molecule has 0 bridgehead atoms. The second-order valence-electron chi connectivity index (χ2n) is 5.33. The largest absolute Gasteiger partial charge is 0.383 e. The minimum Gasteiger partial charge on any atom is -0.383 e. The van der Waals surface area contributed by atoms with E-state index in [4.69, 9.17) is 0 Å². The molecule has 1 amide bonds. The Hall–Kier alpha value is -2.89. The number of carbonyl (C=O) groups is 1. The molecular formula is C17H19N3O3. The first-order chi connectivity index (χ1) is 10.9. The molecular weight excluding hydrogens is 294 g/mol. The molecule has 2 aromatic carbocycles. The van der Waals surface area contributed by atoms with Crippen LogP contribution in [0.4, 0.5) is 11.4 Å². The van der Waals surface area contributed by atoms with Gasteiger partial charge in [-0.3, -0.25) is 14.9 Å². The van der Waals surface area contributed by atoms with E-state index in [2.05, 4.69) is 5.32 Å². The zero-order chi connectivity index (χ0) is 17.0. The number of hydrogen-bond acceptors (Lipinski definition) is 4. The second kappa shape index (κ2) is 6.91. The molecule has 0 fully saturated rings. The molecule has 23 heavy (non-hydrogen) atoms. The predicted molar refractivity (Wildman–Crippen MR) is 89.6 cm³/mol. The van der Waals surface area contributed by atoms with Crippen molar-refractivity contribution in [1.29, 1.82) is 0 Å². The minimum absolute atomic E-state index is 0.109. The number of benzene rings is 2. The van der Waals surface area contributed by atoms with Gasteiger partial charge >= 0.3 is 0 Å². The number of hydrogen-bond donors (Lipinski definition) is 1. The summed E-state index contributed by atoms with van der Waals surface area (Å²) in [6.07, 6.45) is 0. The summed E-state index contributed by atoms with van der Waals surface area (Å²) in [5.41, 5.74) is 2.72. The lowest BCUT2D eigenvalue weighted by Crippen LogP contribution is -2.26. The van der Waals surface area contributed by atoms with E-state index in [-0.39, 0.29) is 11.6 Å². The Morgan fingerprint density at radius 1 is 1.26 bits per heavy atom. The van der Waals surface area contributed by atoms with E-state index in [1.165, 1.54) is 6.07 Å². The number of amides is 1. The Bertz CT molecular complexity index is 744. The van der Waals surface area contributed by atoms with Crippen molar-refractivity contribution in [2.24, 2.45) is 0 Å². The summed E-state index contributed by atoms with van der Waals surface area (Å²) in [6.45, 7) is 2.44. The van der Waals surface area contributed by atoms with Crippen LogP contribution in [0.5, 0.6) is 0 Å². The third-order valence-corrected chi connectivity index (χ3v) is 3.73. The van der Waals surface area contributed by atoms with Gasteiger partial charge in [0.2, 0.25) is 0 Å². The zero-order valence-corrected chi connectivity index (χ0v) is 13.4. The first-order valence-electron chi connectivity index (χ1n) is 7.20. The van der Waals surface area contributed by atoms with Crippen LogP contribution in [-0.2, 0) is 6.54 Å². The Balaban J connectivity index is 2.24. The molecule has 0 aliphatic rings. The van der Waals surface area contributed by atoms with E-state index < -0.39 is 4.92 Å². The van der Waals surface area contributed by atoms with Gasteiger partial charge in [-0.2, -0.15) is 0 Å². The fourth-order valence-corrected chi connectivity index (χ4v) is 2.36. The van der Waals surface area contributed by atoms with E-state index in [0.717, 1.165) is 11.1 Å². The van der Waals surface area contributed by atoms with Gasteiger partial charge in [-0.1, -0.05) is 24.3 Å². The molecule has 0 aliphatic heterocycles. The maximum absolute atomic E-state index is 12.5. The van der Waals surface area contributed by atoms with Crippen molar-refractivity contribution in [1.82, 2.24) is 4.90 Å². The van der Waals surface area contributed by atoms with Crippen molar-refractivity contribution in [2.45, 2.75) is 13.5 Å². The third kappa shape index (κ3) is 3.66. The Labute approximate surface area is 134 Å². The monoisotopic (exact) mass is 313 g/mol. The summed E-state index contributed by atoms with van der Waals surface area (Å²) in [5, 5.41) is 13.9. The standard InChI is InChI=1S/C17H19N3O3/c1-12-6-4-5-7-14(12)11-19(3)17(21)13-8-9-15(18-2)16(10-13)20(22)23/h4-10,18H,11H2,1-3H3. The summed E-state index contributed by atoms with van der Waals surface area (Å²) < 4.78 is 0. The van der Waals surface area contributed by atoms with Crippen LogP contribution in [0.2, 0.25) is 0 Å². The van der Waals surface area contributed by atoms with Gasteiger partial charge in [-0.05, 0) is 30.2 Å². The summed E-state index contributed by atoms with van der Waals surface area (Å²) in [4.78, 5) is 24.7. The Morgan fingerprint density at radius 2 is 1.96 bits per heavy atom. The van der Waals surface area contributed by atoms with Gasteiger partial charge < -0.3 is 10.2 Å². The Kier molecular flexibility index (Phi) is 4.95. The maximum Gasteiger partial charge on any atom is 0.293 e. The van der Waals surface area contributed by atoms with Crippen molar-refractivity contribution >= 4 is 17.3 Å². The minimum atomic E-state index is -0.496. The van der Waals surface area contributed by atoms with Crippen LogP contribution >= 0.6 is 0 Å². The average molecular weight is 313 g/mol. The van der Waals surface area contributed by atoms with E-state index in [9.17, 15) is 14.9 Å². The average Bonchev–Trinajstić information content (AvgIpc) is 2.55. The molecule has 120 valence electrons. The molecule has 0 aliphatic carbocycles. The molecule has 6 heteroatoms. The summed E-state index contributed by atoms with van der Waals surface area (Å²) in [5.74, 6) is -0.251. The van der Waals surface area contributed by atoms with Gasteiger partial charge in [-0.25, -0.2) is 0 Å². The molecule has 0 saturated carbocycles. The smallest absolute Gasteiger partial charge is 0.293 e. The van der Waals surface area contributed by atoms with E-state index in [0.29, 0.717) is 17.8 Å². The lowest BCUT2D eigenvalue weighted by Gasteiger charge is -2.18. The highest BCUT2D eigenvalue weighted by Crippen LogP contribution is 2.25. The van der Waals surface area contributed by atoms with Crippen LogP contribution < -0.4 is 5.32 Å². The molecule has 1 N–H and O–H groups in total. The van der Waals surface area contributed by atoms with Crippen molar-refractivity contribution in [3.05, 3.63) is 69.3 Å². The quantitative estimate of drug-likeness (QED) is 0.679. The van der Waals surface area contributed by atoms with Crippen molar-refractivity contribution in [3.63, 3.8) is 0 Å². The number of anilines is 1. The number of aryl methyl sites for hydroxylation is 1. The molecule has 2 aromatic rings. The molecule has 0 radical (unpaired) electrons. The molecule has 0 heterocycles. The lowest BCUT2D eigenvalue weighted by molar-refractivity contribution is -0.384. The van der Waals surface area contributed by atoms with E-state index in [1.807, 2.05) is 31.2 Å². The van der Waals surface area contributed by atoms with Crippen molar-refractivity contribution in [2.75, 3.05) is 19.4 Å². The number of rotatable bonds is 5. The molecule has 0 spiro atoms. The van der Waals surface area contributed by atoms with Gasteiger partial charge in [0.15, 0.2) is 0 Å². The molecule has 0 unspecified atom stereocenters. The van der Waals surface area contributed by atoms with Crippen molar-refractivity contribution < 1.29 is 9.72 Å². The van der Waals surface area contributed by atoms with E-state index >= 15 is 0 Å². The highest BCUT2D eigenvalue weighted by atomic mass is 16.6. The third-order valence-electron chi connectivity index (χ3n) is 3.73. The first kappa shape index (κ1) is 16.5. The van der Waals surface area contributed by atoms with E-state index in [1.54, 1.807) is 31.1 Å². The fourth-order valence-electron chi connectivity index (χ4n) is 2.36. The highest BCUT2D eigenvalue weighted by Gasteiger charge is 2.19. The normalized spacial score (nSPS) is 10.2. The topological polar surface area (TPSA) is 75.5 Å². The van der Waals surface area contributed by atoms with Crippen molar-refractivity contribution in [3.8, 4) is 0 Å². The number of nitro benzene ring substituents is 1. The lowest BCUT2D eigenvalue weighted by atomic mass is 10.1. The summed E-state index contributed by atoms with van der Waals surface area (Å²) >= 11 is 0. The number of nitrogens with zero attached hydrogens (tertiary/aromatic N) is 2. The molecule has 0 saturated heterocycles. The van der Waals surface area contributed by atoms with Crippen LogP contribution in [0, 0.1) is 17.0 Å². The molecule has 6 nitrogen and oxygen atoms in total. The summed E-state index contributed by atoms with van der Waals surface area (Å²) in [6, 6.07) is 12.3. The van der Waals surface area contributed by atoms with Crippen LogP contribution in [0.25, 0.3) is 0 Å². The SMILES string of the molecule is CNc1ccc(C(=O)N(C)Cc2ccccc2C)cc1[N+](=O)[O-]. The zero-order valence-electron chi connectivity index (χ0n) is 13.4. The highest BCUT2D eigenvalue weighted by molar-refractivity contribution is 5.95. The number of carbonyl (C=O) groups excluding carboxylic acids is 1. The summed E-state index contributed by atoms with van der Waals surface area (Å²) in [7, 11) is 3.29. The predicted octanol–water partition coefficient (Wildman–Crippen LogP) is 3.22. The molecule has 0 atom stereocenters. The van der Waals surface area contributed by atoms with Crippen LogP contribution in [0.1, 0.15) is 21.5 Å². The number of nitro groups is 1. The van der Waals surface area contributed by atoms with Crippen LogP contribution in [0.3, 0.4) is 0 Å². The van der Waals surface area contributed by atoms with Gasteiger partial charge in [0.25, 0.3) is 11.6 Å². The fraction of sp³-hybridized carbons (Fsp3) is 0.235. The van der Waals surface area contributed by atoms with Gasteiger partial charge in [0.05, 0.1) is 4.92 Å².